The number of unbranched alkanes of at least 4 members (excludes halogenated alkanes) is 1. The molecule has 26 heavy (non-hydrogen) atoms. The number of nitrogens with zero attached hydrogens (tertiary/aromatic N) is 1. The highest BCUT2D eigenvalue weighted by molar-refractivity contribution is 5.07. The fourth-order valence-corrected chi connectivity index (χ4v) is 8.65. The van der Waals surface area contributed by atoms with Crippen molar-refractivity contribution < 1.29 is 0 Å². The molecule has 0 bridgehead atoms. The standard InChI is InChI=1S/C24H41NO/c1-23-15-5-3-8-18(23)10-7-11-20-21-13-12-19(9-4-6-17-25-26)24(21,2)16-14-22(20)23/h18-22H,3-17H2,1-2H3/t18-,19-,20-,21?,22?,23-,24+/m0/s1. The van der Waals surface area contributed by atoms with Crippen LogP contribution in [0.2, 0.25) is 0 Å². The van der Waals surface area contributed by atoms with E-state index in [-0.39, 0.29) is 0 Å². The van der Waals surface area contributed by atoms with E-state index >= 15 is 0 Å². The molecule has 0 radical (unpaired) electrons. The van der Waals surface area contributed by atoms with Gasteiger partial charge in [-0.25, -0.2) is 0 Å². The zero-order valence-corrected chi connectivity index (χ0v) is 17.3. The van der Waals surface area contributed by atoms with Gasteiger partial charge < -0.3 is 0 Å². The molecular weight excluding hydrogens is 318 g/mol. The Morgan fingerprint density at radius 2 is 1.62 bits per heavy atom. The van der Waals surface area contributed by atoms with Crippen LogP contribution in [0.4, 0.5) is 0 Å². The molecule has 4 fully saturated rings. The highest BCUT2D eigenvalue weighted by Gasteiger charge is 2.58. The van der Waals surface area contributed by atoms with Crippen molar-refractivity contribution >= 4 is 0 Å². The lowest BCUT2D eigenvalue weighted by Gasteiger charge is -2.56. The van der Waals surface area contributed by atoms with Crippen molar-refractivity contribution in [1.29, 1.82) is 0 Å². The lowest BCUT2D eigenvalue weighted by molar-refractivity contribution is -0.0670. The molecule has 2 unspecified atom stereocenters. The van der Waals surface area contributed by atoms with Crippen molar-refractivity contribution in [1.82, 2.24) is 0 Å². The summed E-state index contributed by atoms with van der Waals surface area (Å²) in [4.78, 5) is 10.4. The maximum atomic E-state index is 10.4. The van der Waals surface area contributed by atoms with Crippen LogP contribution < -0.4 is 0 Å². The van der Waals surface area contributed by atoms with Gasteiger partial charge in [0.1, 0.15) is 0 Å². The van der Waals surface area contributed by atoms with E-state index in [4.69, 9.17) is 0 Å². The summed E-state index contributed by atoms with van der Waals surface area (Å²) in [7, 11) is 0. The number of fused-ring (bicyclic) bond motifs is 5. The molecular formula is C24H41NO. The number of nitroso groups, excluding NO2 is 1. The Hall–Kier alpha value is -0.400. The van der Waals surface area contributed by atoms with Gasteiger partial charge in [-0.1, -0.05) is 44.7 Å². The van der Waals surface area contributed by atoms with Crippen molar-refractivity contribution in [2.45, 2.75) is 104 Å². The smallest absolute Gasteiger partial charge is 0.0811 e. The van der Waals surface area contributed by atoms with Crippen LogP contribution in [0.5, 0.6) is 0 Å². The van der Waals surface area contributed by atoms with Gasteiger partial charge in [0.15, 0.2) is 0 Å². The second-order valence-electron chi connectivity index (χ2n) is 10.9. The quantitative estimate of drug-likeness (QED) is 0.372. The van der Waals surface area contributed by atoms with Crippen molar-refractivity contribution in [3.8, 4) is 0 Å². The van der Waals surface area contributed by atoms with Crippen molar-refractivity contribution in [2.24, 2.45) is 45.6 Å². The van der Waals surface area contributed by atoms with Gasteiger partial charge in [-0.15, -0.1) is 0 Å². The van der Waals surface area contributed by atoms with E-state index in [2.05, 4.69) is 19.0 Å². The fourth-order valence-electron chi connectivity index (χ4n) is 8.65. The molecule has 0 amide bonds. The molecule has 2 nitrogen and oxygen atoms in total. The van der Waals surface area contributed by atoms with Crippen LogP contribution in [0, 0.1) is 45.3 Å². The molecule has 4 saturated carbocycles. The summed E-state index contributed by atoms with van der Waals surface area (Å²) in [6, 6.07) is 0. The predicted molar refractivity (Wildman–Crippen MR) is 109 cm³/mol. The molecule has 4 aliphatic carbocycles. The van der Waals surface area contributed by atoms with Crippen LogP contribution in [0.15, 0.2) is 5.18 Å². The normalized spacial score (nSPS) is 48.2. The summed E-state index contributed by atoms with van der Waals surface area (Å²) < 4.78 is 0. The highest BCUT2D eigenvalue weighted by atomic mass is 16.3. The third kappa shape index (κ3) is 3.08. The topological polar surface area (TPSA) is 29.4 Å². The molecule has 7 atom stereocenters. The van der Waals surface area contributed by atoms with Crippen LogP contribution in [0.3, 0.4) is 0 Å². The number of rotatable bonds is 5. The molecule has 4 aliphatic rings. The molecule has 0 aromatic carbocycles. The van der Waals surface area contributed by atoms with Crippen LogP contribution >= 0.6 is 0 Å². The largest absolute Gasteiger partial charge is 0.151 e. The van der Waals surface area contributed by atoms with Gasteiger partial charge in [-0.05, 0) is 105 Å². The first-order valence-corrected chi connectivity index (χ1v) is 11.9. The summed E-state index contributed by atoms with van der Waals surface area (Å²) in [5.41, 5.74) is 1.26. The first-order chi connectivity index (χ1) is 12.6. The second-order valence-corrected chi connectivity index (χ2v) is 10.9. The number of hydrogen-bond donors (Lipinski definition) is 0. The number of hydrogen-bond acceptors (Lipinski definition) is 2. The van der Waals surface area contributed by atoms with Crippen molar-refractivity contribution in [2.75, 3.05) is 6.54 Å². The zero-order valence-electron chi connectivity index (χ0n) is 17.3. The highest BCUT2D eigenvalue weighted by Crippen LogP contribution is 2.66. The molecule has 0 spiro atoms. The van der Waals surface area contributed by atoms with Crippen LogP contribution in [-0.2, 0) is 0 Å². The SMILES string of the molecule is C[C@]12CCC3[C@@H](CCC[C@@H]4CCCC[C@]34C)C1CC[C@@H]2CCCCN=O. The Balaban J connectivity index is 1.50. The lowest BCUT2D eigenvalue weighted by Crippen LogP contribution is -2.48. The molecule has 0 aromatic heterocycles. The summed E-state index contributed by atoms with van der Waals surface area (Å²) in [6.45, 7) is 5.90. The third-order valence-corrected chi connectivity index (χ3v) is 10.1. The van der Waals surface area contributed by atoms with Gasteiger partial charge in [0, 0.05) is 0 Å². The van der Waals surface area contributed by atoms with Gasteiger partial charge in [0.05, 0.1) is 6.54 Å². The molecule has 4 rings (SSSR count). The van der Waals surface area contributed by atoms with Crippen LogP contribution in [0.1, 0.15) is 104 Å². The molecule has 2 heteroatoms. The van der Waals surface area contributed by atoms with Gasteiger partial charge in [0.25, 0.3) is 0 Å². The van der Waals surface area contributed by atoms with E-state index in [1.165, 1.54) is 83.5 Å². The maximum Gasteiger partial charge on any atom is 0.0811 e. The molecule has 148 valence electrons. The molecule has 0 heterocycles. The monoisotopic (exact) mass is 359 g/mol. The van der Waals surface area contributed by atoms with Gasteiger partial charge >= 0.3 is 0 Å². The Labute approximate surface area is 161 Å². The van der Waals surface area contributed by atoms with Crippen molar-refractivity contribution in [3.63, 3.8) is 0 Å². The third-order valence-electron chi connectivity index (χ3n) is 10.1. The first kappa shape index (κ1) is 18.9. The van der Waals surface area contributed by atoms with Crippen molar-refractivity contribution in [3.05, 3.63) is 4.91 Å². The average molecular weight is 360 g/mol. The summed E-state index contributed by atoms with van der Waals surface area (Å²) in [6.07, 6.45) is 20.1. The summed E-state index contributed by atoms with van der Waals surface area (Å²) >= 11 is 0. The minimum Gasteiger partial charge on any atom is -0.151 e. The van der Waals surface area contributed by atoms with E-state index in [0.29, 0.717) is 17.4 Å². The van der Waals surface area contributed by atoms with E-state index in [0.717, 1.165) is 36.0 Å². The van der Waals surface area contributed by atoms with Gasteiger partial charge in [-0.2, -0.15) is 4.91 Å². The Bertz CT molecular complexity index is 504. The van der Waals surface area contributed by atoms with E-state index in [1.807, 2.05) is 0 Å². The Morgan fingerprint density at radius 3 is 2.46 bits per heavy atom. The Morgan fingerprint density at radius 1 is 0.808 bits per heavy atom. The Kier molecular flexibility index (Phi) is 5.50. The minimum atomic E-state index is 0.525. The second kappa shape index (κ2) is 7.55. The molecule has 0 saturated heterocycles. The summed E-state index contributed by atoms with van der Waals surface area (Å²) in [5.74, 6) is 4.98. The fraction of sp³-hybridized carbons (Fsp3) is 1.00. The molecule has 0 N–H and O–H groups in total. The first-order valence-electron chi connectivity index (χ1n) is 11.9. The molecule has 0 aromatic rings. The minimum absolute atomic E-state index is 0.525. The predicted octanol–water partition coefficient (Wildman–Crippen LogP) is 7.36. The van der Waals surface area contributed by atoms with E-state index in [9.17, 15) is 4.91 Å². The average Bonchev–Trinajstić information content (AvgIpc) is 2.88. The van der Waals surface area contributed by atoms with Crippen LogP contribution in [-0.4, -0.2) is 6.54 Å². The lowest BCUT2D eigenvalue weighted by atomic mass is 9.49. The van der Waals surface area contributed by atoms with E-state index in [1.54, 1.807) is 0 Å². The van der Waals surface area contributed by atoms with Gasteiger partial charge in [0.2, 0.25) is 0 Å². The maximum absolute atomic E-state index is 10.4. The van der Waals surface area contributed by atoms with E-state index < -0.39 is 0 Å². The zero-order chi connectivity index (χ0) is 18.2. The van der Waals surface area contributed by atoms with Gasteiger partial charge in [-0.3, -0.25) is 0 Å². The molecule has 0 aliphatic heterocycles. The van der Waals surface area contributed by atoms with Crippen LogP contribution in [0.25, 0.3) is 0 Å². The summed E-state index contributed by atoms with van der Waals surface area (Å²) in [5, 5.41) is 3.06.